The highest BCUT2D eigenvalue weighted by Gasteiger charge is 2.20. The SMILES string of the molecule is CCN1CCC(CN(C)C)C1. The first-order valence-electron chi connectivity index (χ1n) is 4.59. The summed E-state index contributed by atoms with van der Waals surface area (Å²) in [5.41, 5.74) is 0. The van der Waals surface area contributed by atoms with Crippen molar-refractivity contribution in [1.82, 2.24) is 9.80 Å². The van der Waals surface area contributed by atoms with Crippen LogP contribution in [0.5, 0.6) is 0 Å². The molecule has 1 heterocycles. The van der Waals surface area contributed by atoms with Crippen molar-refractivity contribution in [1.29, 1.82) is 0 Å². The molecule has 1 rings (SSSR count). The van der Waals surface area contributed by atoms with E-state index in [2.05, 4.69) is 30.8 Å². The van der Waals surface area contributed by atoms with E-state index in [9.17, 15) is 0 Å². The fourth-order valence-electron chi connectivity index (χ4n) is 1.87. The number of hydrogen-bond donors (Lipinski definition) is 0. The molecule has 0 aromatic rings. The lowest BCUT2D eigenvalue weighted by molar-refractivity contribution is 0.299. The zero-order valence-corrected chi connectivity index (χ0v) is 8.01. The van der Waals surface area contributed by atoms with Crippen LogP contribution in [0.3, 0.4) is 0 Å². The predicted octanol–water partition coefficient (Wildman–Crippen LogP) is 0.890. The van der Waals surface area contributed by atoms with E-state index in [1.54, 1.807) is 0 Å². The first kappa shape index (κ1) is 9.01. The molecule has 0 aliphatic carbocycles. The van der Waals surface area contributed by atoms with E-state index in [1.165, 1.54) is 32.6 Å². The third-order valence-corrected chi connectivity index (χ3v) is 2.44. The molecular formula is C9H20N2. The van der Waals surface area contributed by atoms with Gasteiger partial charge < -0.3 is 9.80 Å². The smallest absolute Gasteiger partial charge is 0.00222 e. The number of nitrogens with zero attached hydrogens (tertiary/aromatic N) is 2. The third-order valence-electron chi connectivity index (χ3n) is 2.44. The van der Waals surface area contributed by atoms with Crippen molar-refractivity contribution < 1.29 is 0 Å². The maximum Gasteiger partial charge on any atom is 0.00222 e. The monoisotopic (exact) mass is 156 g/mol. The second-order valence-electron chi connectivity index (χ2n) is 3.81. The summed E-state index contributed by atoms with van der Waals surface area (Å²) in [6.45, 7) is 7.36. The van der Waals surface area contributed by atoms with Gasteiger partial charge in [0, 0.05) is 13.1 Å². The van der Waals surface area contributed by atoms with Crippen LogP contribution in [0.4, 0.5) is 0 Å². The summed E-state index contributed by atoms with van der Waals surface area (Å²) in [7, 11) is 4.32. The second-order valence-corrected chi connectivity index (χ2v) is 3.81. The van der Waals surface area contributed by atoms with Gasteiger partial charge >= 0.3 is 0 Å². The maximum absolute atomic E-state index is 2.54. The Labute approximate surface area is 70.2 Å². The summed E-state index contributed by atoms with van der Waals surface area (Å²) in [5.74, 6) is 0.921. The van der Waals surface area contributed by atoms with Crippen LogP contribution in [0.1, 0.15) is 13.3 Å². The van der Waals surface area contributed by atoms with E-state index in [0.29, 0.717) is 0 Å². The van der Waals surface area contributed by atoms with Gasteiger partial charge in [-0.05, 0) is 39.5 Å². The van der Waals surface area contributed by atoms with Gasteiger partial charge in [-0.25, -0.2) is 0 Å². The second kappa shape index (κ2) is 4.07. The topological polar surface area (TPSA) is 6.48 Å². The Kier molecular flexibility index (Phi) is 3.34. The molecule has 2 nitrogen and oxygen atoms in total. The maximum atomic E-state index is 2.54. The van der Waals surface area contributed by atoms with Gasteiger partial charge in [0.1, 0.15) is 0 Å². The molecule has 1 atom stereocenters. The van der Waals surface area contributed by atoms with E-state index >= 15 is 0 Å². The lowest BCUT2D eigenvalue weighted by Crippen LogP contribution is -2.25. The molecule has 1 unspecified atom stereocenters. The van der Waals surface area contributed by atoms with Crippen LogP contribution in [-0.4, -0.2) is 50.1 Å². The normalized spacial score (nSPS) is 26.7. The molecule has 66 valence electrons. The van der Waals surface area contributed by atoms with Crippen molar-refractivity contribution in [3.05, 3.63) is 0 Å². The van der Waals surface area contributed by atoms with Crippen molar-refractivity contribution in [2.24, 2.45) is 5.92 Å². The molecular weight excluding hydrogens is 136 g/mol. The average Bonchev–Trinajstić information content (AvgIpc) is 2.34. The summed E-state index contributed by atoms with van der Waals surface area (Å²) in [6.07, 6.45) is 1.39. The summed E-state index contributed by atoms with van der Waals surface area (Å²) in [5, 5.41) is 0. The minimum absolute atomic E-state index is 0.921. The highest BCUT2D eigenvalue weighted by molar-refractivity contribution is 4.75. The molecule has 1 fully saturated rings. The van der Waals surface area contributed by atoms with Gasteiger partial charge in [0.25, 0.3) is 0 Å². The van der Waals surface area contributed by atoms with Crippen LogP contribution >= 0.6 is 0 Å². The number of likely N-dealkylation sites (tertiary alicyclic amines) is 1. The number of rotatable bonds is 3. The van der Waals surface area contributed by atoms with Gasteiger partial charge in [0.05, 0.1) is 0 Å². The van der Waals surface area contributed by atoms with E-state index in [0.717, 1.165) is 5.92 Å². The average molecular weight is 156 g/mol. The van der Waals surface area contributed by atoms with Gasteiger partial charge in [0.2, 0.25) is 0 Å². The van der Waals surface area contributed by atoms with E-state index in [-0.39, 0.29) is 0 Å². The lowest BCUT2D eigenvalue weighted by Gasteiger charge is -2.16. The van der Waals surface area contributed by atoms with Gasteiger partial charge in [0.15, 0.2) is 0 Å². The Balaban J connectivity index is 2.19. The van der Waals surface area contributed by atoms with Crippen LogP contribution in [0, 0.1) is 5.92 Å². The van der Waals surface area contributed by atoms with Crippen LogP contribution in [-0.2, 0) is 0 Å². The Morgan fingerprint density at radius 2 is 2.18 bits per heavy atom. The van der Waals surface area contributed by atoms with E-state index < -0.39 is 0 Å². The highest BCUT2D eigenvalue weighted by Crippen LogP contribution is 2.15. The van der Waals surface area contributed by atoms with Gasteiger partial charge in [-0.15, -0.1) is 0 Å². The zero-order valence-electron chi connectivity index (χ0n) is 8.01. The Morgan fingerprint density at radius 1 is 1.45 bits per heavy atom. The van der Waals surface area contributed by atoms with Crippen molar-refractivity contribution in [3.63, 3.8) is 0 Å². The molecule has 0 N–H and O–H groups in total. The summed E-state index contributed by atoms with van der Waals surface area (Å²) >= 11 is 0. The van der Waals surface area contributed by atoms with Crippen molar-refractivity contribution in [2.75, 3.05) is 40.3 Å². The van der Waals surface area contributed by atoms with E-state index in [1.807, 2.05) is 0 Å². The lowest BCUT2D eigenvalue weighted by atomic mass is 10.1. The quantitative estimate of drug-likeness (QED) is 0.599. The molecule has 1 aliphatic rings. The van der Waals surface area contributed by atoms with Crippen LogP contribution in [0.15, 0.2) is 0 Å². The highest BCUT2D eigenvalue weighted by atomic mass is 15.2. The zero-order chi connectivity index (χ0) is 8.27. The van der Waals surface area contributed by atoms with Gasteiger partial charge in [-0.3, -0.25) is 0 Å². The molecule has 0 aromatic heterocycles. The Bertz CT molecular complexity index is 112. The molecule has 0 aromatic carbocycles. The van der Waals surface area contributed by atoms with Crippen LogP contribution in [0.2, 0.25) is 0 Å². The fourth-order valence-corrected chi connectivity index (χ4v) is 1.87. The number of hydrogen-bond acceptors (Lipinski definition) is 2. The third kappa shape index (κ3) is 2.80. The Hall–Kier alpha value is -0.0800. The van der Waals surface area contributed by atoms with Gasteiger partial charge in [-0.2, -0.15) is 0 Å². The largest absolute Gasteiger partial charge is 0.309 e. The summed E-state index contributed by atoms with van der Waals surface area (Å²) in [4.78, 5) is 4.83. The molecule has 0 bridgehead atoms. The van der Waals surface area contributed by atoms with E-state index in [4.69, 9.17) is 0 Å². The minimum Gasteiger partial charge on any atom is -0.309 e. The summed E-state index contributed by atoms with van der Waals surface area (Å²) in [6, 6.07) is 0. The molecule has 0 saturated carbocycles. The van der Waals surface area contributed by atoms with Crippen LogP contribution < -0.4 is 0 Å². The Morgan fingerprint density at radius 3 is 2.64 bits per heavy atom. The molecule has 0 amide bonds. The molecule has 1 aliphatic heterocycles. The van der Waals surface area contributed by atoms with Crippen molar-refractivity contribution >= 4 is 0 Å². The van der Waals surface area contributed by atoms with Crippen LogP contribution in [0.25, 0.3) is 0 Å². The first-order chi connectivity index (χ1) is 5.22. The minimum atomic E-state index is 0.921. The summed E-state index contributed by atoms with van der Waals surface area (Å²) < 4.78 is 0. The molecule has 11 heavy (non-hydrogen) atoms. The molecule has 0 spiro atoms. The molecule has 2 heteroatoms. The standard InChI is InChI=1S/C9H20N2/c1-4-11-6-5-9(8-11)7-10(2)3/h9H,4-8H2,1-3H3. The molecule has 0 radical (unpaired) electrons. The van der Waals surface area contributed by atoms with Crippen molar-refractivity contribution in [3.8, 4) is 0 Å². The fraction of sp³-hybridized carbons (Fsp3) is 1.00. The van der Waals surface area contributed by atoms with Crippen molar-refractivity contribution in [2.45, 2.75) is 13.3 Å². The first-order valence-corrected chi connectivity index (χ1v) is 4.59. The molecule has 1 saturated heterocycles. The predicted molar refractivity (Wildman–Crippen MR) is 48.8 cm³/mol. The van der Waals surface area contributed by atoms with Gasteiger partial charge in [-0.1, -0.05) is 6.92 Å².